The third-order valence-corrected chi connectivity index (χ3v) is 7.06. The van der Waals surface area contributed by atoms with E-state index in [9.17, 15) is 14.4 Å². The van der Waals surface area contributed by atoms with Gasteiger partial charge in [0.15, 0.2) is 0 Å². The van der Waals surface area contributed by atoms with E-state index in [0.29, 0.717) is 30.1 Å². The molecule has 0 spiro atoms. The number of ether oxygens (including phenoxy) is 1. The number of benzene rings is 3. The number of rotatable bonds is 14. The molecule has 3 rings (SSSR count). The number of hydrogen-bond donors (Lipinski definition) is 2. The predicted molar refractivity (Wildman–Crippen MR) is 172 cm³/mol. The lowest BCUT2D eigenvalue weighted by molar-refractivity contribution is -0.132. The minimum Gasteiger partial charge on any atom is -0.423 e. The lowest BCUT2D eigenvalue weighted by atomic mass is 9.99. The summed E-state index contributed by atoms with van der Waals surface area (Å²) in [6.07, 6.45) is 2.85. The fourth-order valence-corrected chi connectivity index (χ4v) is 4.87. The van der Waals surface area contributed by atoms with Crippen molar-refractivity contribution >= 4 is 17.8 Å². The Morgan fingerprint density at radius 3 is 2.00 bits per heavy atom. The van der Waals surface area contributed by atoms with Crippen molar-refractivity contribution in [2.24, 2.45) is 5.92 Å². The molecule has 0 aromatic heterocycles. The molecule has 0 aliphatic carbocycles. The number of carbonyl (C=O) groups excluding carboxylic acids is 3. The molecule has 2 N–H and O–H groups in total. The lowest BCUT2D eigenvalue weighted by Gasteiger charge is -2.31. The Bertz CT molecular complexity index is 1300. The highest BCUT2D eigenvalue weighted by molar-refractivity contribution is 5.91. The van der Waals surface area contributed by atoms with Crippen LogP contribution < -0.4 is 15.4 Å². The van der Waals surface area contributed by atoms with Crippen LogP contribution in [-0.4, -0.2) is 53.9 Å². The Morgan fingerprint density at radius 1 is 0.814 bits per heavy atom. The van der Waals surface area contributed by atoms with Crippen LogP contribution in [0.5, 0.6) is 5.75 Å². The van der Waals surface area contributed by atoms with E-state index >= 15 is 0 Å². The number of carbonyl (C=O) groups is 3. The monoisotopic (exact) mass is 585 g/mol. The number of likely N-dealkylation sites (N-methyl/N-ethyl adjacent to an activating group) is 1. The van der Waals surface area contributed by atoms with E-state index in [0.717, 1.165) is 24.9 Å². The number of nitrogens with one attached hydrogen (secondary N) is 2. The van der Waals surface area contributed by atoms with Gasteiger partial charge in [0, 0.05) is 12.0 Å². The number of hydrogen-bond acceptors (Lipinski definition) is 5. The normalized spacial score (nSPS) is 12.9. The first kappa shape index (κ1) is 33.5. The quantitative estimate of drug-likeness (QED) is 0.184. The molecule has 3 aromatic rings. The Labute approximate surface area is 257 Å². The summed E-state index contributed by atoms with van der Waals surface area (Å²) in [6.45, 7) is 10.7. The van der Waals surface area contributed by atoms with Gasteiger partial charge in [0.25, 0.3) is 0 Å². The second-order valence-electron chi connectivity index (χ2n) is 12.6. The molecule has 2 amide bonds. The number of nitrogens with zero attached hydrogens (tertiary/aromatic N) is 1. The Hall–Kier alpha value is -3.97. The first-order valence-electron chi connectivity index (χ1n) is 15.1. The van der Waals surface area contributed by atoms with Crippen molar-refractivity contribution in [3.05, 3.63) is 102 Å². The fraction of sp³-hybridized carbons (Fsp3) is 0.417. The molecule has 3 aromatic carbocycles. The molecule has 2 atom stereocenters. The summed E-state index contributed by atoms with van der Waals surface area (Å²) in [5, 5.41) is 6.10. The Morgan fingerprint density at radius 2 is 1.42 bits per heavy atom. The Kier molecular flexibility index (Phi) is 12.5. The molecule has 0 unspecified atom stereocenters. The van der Waals surface area contributed by atoms with Gasteiger partial charge in [0.05, 0.1) is 11.6 Å². The van der Waals surface area contributed by atoms with Crippen LogP contribution in [0.3, 0.4) is 0 Å². The van der Waals surface area contributed by atoms with Crippen molar-refractivity contribution < 1.29 is 19.1 Å². The molecule has 0 saturated heterocycles. The minimum absolute atomic E-state index is 0.154. The second kappa shape index (κ2) is 16.0. The smallest absolute Gasteiger partial charge is 0.343 e. The van der Waals surface area contributed by atoms with Gasteiger partial charge in [-0.2, -0.15) is 0 Å². The van der Waals surface area contributed by atoms with Crippen molar-refractivity contribution in [2.75, 3.05) is 13.6 Å². The van der Waals surface area contributed by atoms with Gasteiger partial charge in [0.1, 0.15) is 11.8 Å². The largest absolute Gasteiger partial charge is 0.423 e. The van der Waals surface area contributed by atoms with E-state index < -0.39 is 17.6 Å². The van der Waals surface area contributed by atoms with E-state index in [1.54, 1.807) is 36.4 Å². The zero-order valence-electron chi connectivity index (χ0n) is 26.4. The van der Waals surface area contributed by atoms with Crippen LogP contribution in [0.25, 0.3) is 0 Å². The van der Waals surface area contributed by atoms with Gasteiger partial charge in [-0.1, -0.05) is 74.5 Å². The van der Waals surface area contributed by atoms with Crippen LogP contribution >= 0.6 is 0 Å². The van der Waals surface area contributed by atoms with Crippen molar-refractivity contribution in [3.63, 3.8) is 0 Å². The lowest BCUT2D eigenvalue weighted by Crippen LogP contribution is -2.56. The molecule has 0 fully saturated rings. The molecular weight excluding hydrogens is 538 g/mol. The minimum atomic E-state index is -0.767. The molecule has 230 valence electrons. The number of esters is 1. The zero-order valence-corrected chi connectivity index (χ0v) is 26.4. The molecule has 0 radical (unpaired) electrons. The van der Waals surface area contributed by atoms with Gasteiger partial charge >= 0.3 is 5.97 Å². The van der Waals surface area contributed by atoms with Crippen LogP contribution in [-0.2, 0) is 22.4 Å². The summed E-state index contributed by atoms with van der Waals surface area (Å²) in [6, 6.07) is 25.1. The second-order valence-corrected chi connectivity index (χ2v) is 12.6. The summed E-state index contributed by atoms with van der Waals surface area (Å²) >= 11 is 0. The highest BCUT2D eigenvalue weighted by atomic mass is 16.5. The van der Waals surface area contributed by atoms with Crippen LogP contribution in [0.2, 0.25) is 0 Å². The Balaban J connectivity index is 1.70. The predicted octanol–water partition coefficient (Wildman–Crippen LogP) is 5.83. The maximum Gasteiger partial charge on any atom is 0.343 e. The van der Waals surface area contributed by atoms with E-state index in [1.165, 1.54) is 5.56 Å². The first-order valence-corrected chi connectivity index (χ1v) is 15.1. The van der Waals surface area contributed by atoms with Crippen molar-refractivity contribution in [3.8, 4) is 5.75 Å². The van der Waals surface area contributed by atoms with Gasteiger partial charge in [-0.25, -0.2) is 4.79 Å². The highest BCUT2D eigenvalue weighted by Crippen LogP contribution is 2.17. The summed E-state index contributed by atoms with van der Waals surface area (Å²) in [7, 11) is 1.98. The molecule has 43 heavy (non-hydrogen) atoms. The summed E-state index contributed by atoms with van der Waals surface area (Å²) in [5.41, 5.74) is 2.13. The van der Waals surface area contributed by atoms with Gasteiger partial charge in [-0.15, -0.1) is 0 Å². The average molecular weight is 586 g/mol. The van der Waals surface area contributed by atoms with Crippen molar-refractivity contribution in [1.29, 1.82) is 0 Å². The van der Waals surface area contributed by atoms with Crippen LogP contribution in [0.1, 0.15) is 68.9 Å². The fourth-order valence-electron chi connectivity index (χ4n) is 4.87. The number of amides is 2. The average Bonchev–Trinajstić information content (AvgIpc) is 2.96. The van der Waals surface area contributed by atoms with Crippen LogP contribution in [0.4, 0.5) is 0 Å². The number of aryl methyl sites for hydroxylation is 1. The summed E-state index contributed by atoms with van der Waals surface area (Å²) in [5.74, 6) is -0.118. The van der Waals surface area contributed by atoms with Gasteiger partial charge in [-0.05, 0) is 94.9 Å². The van der Waals surface area contributed by atoms with Gasteiger partial charge < -0.3 is 15.4 Å². The maximum atomic E-state index is 13.7. The molecule has 7 nitrogen and oxygen atoms in total. The maximum absolute atomic E-state index is 13.7. The SMILES string of the molecule is CC(C)C[C@@H](C(=O)N[C@@H](Cc1ccc(OC(=O)c2ccccc2)cc1)C(=O)NC(C)(C)C)N(C)CCCc1ccccc1. The summed E-state index contributed by atoms with van der Waals surface area (Å²) in [4.78, 5) is 41.7. The summed E-state index contributed by atoms with van der Waals surface area (Å²) < 4.78 is 5.50. The third-order valence-electron chi connectivity index (χ3n) is 7.06. The zero-order chi connectivity index (χ0) is 31.4. The standard InChI is InChI=1S/C36H47N3O4/c1-26(2)24-32(39(6)23-13-16-27-14-9-7-10-15-27)34(41)37-31(33(40)38-36(3,4)5)25-28-19-21-30(22-20-28)43-35(42)29-17-11-8-12-18-29/h7-12,14-15,17-22,26,31-32H,13,16,23-25H2,1-6H3,(H,37,41)(H,38,40)/t31-,32-/m0/s1. The molecule has 7 heteroatoms. The third kappa shape index (κ3) is 11.7. The van der Waals surface area contributed by atoms with E-state index in [1.807, 2.05) is 64.2 Å². The van der Waals surface area contributed by atoms with E-state index in [4.69, 9.17) is 4.74 Å². The van der Waals surface area contributed by atoms with Crippen LogP contribution in [0.15, 0.2) is 84.9 Å². The van der Waals surface area contributed by atoms with E-state index in [2.05, 4.69) is 41.5 Å². The van der Waals surface area contributed by atoms with Crippen molar-refractivity contribution in [1.82, 2.24) is 15.5 Å². The van der Waals surface area contributed by atoms with Crippen LogP contribution in [0, 0.1) is 5.92 Å². The molecule has 0 heterocycles. The van der Waals surface area contributed by atoms with Gasteiger partial charge in [-0.3, -0.25) is 14.5 Å². The molecule has 0 aliphatic heterocycles. The molecular formula is C36H47N3O4. The highest BCUT2D eigenvalue weighted by Gasteiger charge is 2.30. The molecule has 0 bridgehead atoms. The van der Waals surface area contributed by atoms with E-state index in [-0.39, 0.29) is 17.9 Å². The topological polar surface area (TPSA) is 87.7 Å². The molecule has 0 saturated carbocycles. The first-order chi connectivity index (χ1) is 20.4. The van der Waals surface area contributed by atoms with Crippen molar-refractivity contribution in [2.45, 2.75) is 77.9 Å². The molecule has 0 aliphatic rings. The van der Waals surface area contributed by atoms with Gasteiger partial charge in [0.2, 0.25) is 11.8 Å².